The van der Waals surface area contributed by atoms with Gasteiger partial charge in [-0.25, -0.2) is 0 Å². The van der Waals surface area contributed by atoms with E-state index in [1.165, 1.54) is 0 Å². The van der Waals surface area contributed by atoms with Crippen LogP contribution in [0.1, 0.15) is 31.9 Å². The average Bonchev–Trinajstić information content (AvgIpc) is 2.85. The molecular weight excluding hydrogens is 250 g/mol. The van der Waals surface area contributed by atoms with Crippen molar-refractivity contribution < 1.29 is 9.84 Å². The van der Waals surface area contributed by atoms with Gasteiger partial charge in [0, 0.05) is 29.6 Å². The molecule has 0 bridgehead atoms. The van der Waals surface area contributed by atoms with Crippen LogP contribution in [0.4, 0.5) is 0 Å². The van der Waals surface area contributed by atoms with E-state index in [9.17, 15) is 5.11 Å². The van der Waals surface area contributed by atoms with Crippen molar-refractivity contribution in [3.8, 4) is 5.75 Å². The molecule has 3 atom stereocenters. The van der Waals surface area contributed by atoms with E-state index >= 15 is 0 Å². The molecule has 2 aromatic rings. The number of hydrogen-bond acceptors (Lipinski definition) is 3. The van der Waals surface area contributed by atoms with E-state index in [2.05, 4.69) is 25.2 Å². The van der Waals surface area contributed by atoms with Gasteiger partial charge in [-0.2, -0.15) is 0 Å². The number of ether oxygens (including phenoxy) is 1. The summed E-state index contributed by atoms with van der Waals surface area (Å²) >= 11 is 0. The van der Waals surface area contributed by atoms with Crippen LogP contribution >= 0.6 is 0 Å². The lowest BCUT2D eigenvalue weighted by Crippen LogP contribution is -2.36. The quantitative estimate of drug-likeness (QED) is 0.899. The highest BCUT2D eigenvalue weighted by Gasteiger charge is 2.26. The van der Waals surface area contributed by atoms with Crippen LogP contribution in [0, 0.1) is 0 Å². The lowest BCUT2D eigenvalue weighted by atomic mass is 9.99. The number of hydrogen-bond donors (Lipinski definition) is 2. The summed E-state index contributed by atoms with van der Waals surface area (Å²) in [6.07, 6.45) is 1.26. The maximum absolute atomic E-state index is 10.5. The highest BCUT2D eigenvalue weighted by Crippen LogP contribution is 2.33. The number of benzene rings is 2. The minimum atomic E-state index is 0.105. The lowest BCUT2D eigenvalue weighted by molar-refractivity contribution is 0.111. The second-order valence-corrected chi connectivity index (χ2v) is 5.58. The molecule has 3 heteroatoms. The zero-order chi connectivity index (χ0) is 14.1. The third-order valence-electron chi connectivity index (χ3n) is 4.24. The fourth-order valence-electron chi connectivity index (χ4n) is 2.98. The Labute approximate surface area is 119 Å². The summed E-state index contributed by atoms with van der Waals surface area (Å²) in [6.45, 7) is 5.00. The molecule has 1 saturated heterocycles. The van der Waals surface area contributed by atoms with Gasteiger partial charge in [-0.05, 0) is 25.7 Å². The Morgan fingerprint density at radius 1 is 1.25 bits per heavy atom. The zero-order valence-corrected chi connectivity index (χ0v) is 12.0. The Kier molecular flexibility index (Phi) is 3.64. The molecule has 1 aliphatic rings. The van der Waals surface area contributed by atoms with Crippen molar-refractivity contribution in [1.82, 2.24) is 5.32 Å². The van der Waals surface area contributed by atoms with Crippen LogP contribution in [0.3, 0.4) is 0 Å². The molecular formula is C17H21NO2. The molecule has 0 saturated carbocycles. The first-order chi connectivity index (χ1) is 9.66. The zero-order valence-electron chi connectivity index (χ0n) is 12.0. The van der Waals surface area contributed by atoms with Gasteiger partial charge in [-0.1, -0.05) is 36.4 Å². The SMILES string of the molecule is CC(NC1CCOC1C)c1ccc2ccccc2c1O. The van der Waals surface area contributed by atoms with Crippen molar-refractivity contribution in [3.63, 3.8) is 0 Å². The molecule has 3 unspecified atom stereocenters. The van der Waals surface area contributed by atoms with E-state index in [1.807, 2.05) is 30.3 Å². The molecule has 2 aromatic carbocycles. The summed E-state index contributed by atoms with van der Waals surface area (Å²) in [6, 6.07) is 12.5. The number of rotatable bonds is 3. The fraction of sp³-hybridized carbons (Fsp3) is 0.412. The van der Waals surface area contributed by atoms with Crippen LogP contribution in [0.25, 0.3) is 10.8 Å². The molecule has 0 radical (unpaired) electrons. The average molecular weight is 271 g/mol. The molecule has 3 nitrogen and oxygen atoms in total. The van der Waals surface area contributed by atoms with E-state index < -0.39 is 0 Å². The smallest absolute Gasteiger partial charge is 0.128 e. The maximum atomic E-state index is 10.5. The first-order valence-electron chi connectivity index (χ1n) is 7.25. The number of fused-ring (bicyclic) bond motifs is 1. The molecule has 1 fully saturated rings. The third kappa shape index (κ3) is 2.39. The van der Waals surface area contributed by atoms with Gasteiger partial charge in [0.2, 0.25) is 0 Å². The minimum Gasteiger partial charge on any atom is -0.507 e. The molecule has 3 rings (SSSR count). The van der Waals surface area contributed by atoms with Gasteiger partial charge in [-0.3, -0.25) is 0 Å². The van der Waals surface area contributed by atoms with Crippen LogP contribution in [0.2, 0.25) is 0 Å². The maximum Gasteiger partial charge on any atom is 0.128 e. The Bertz CT molecular complexity index is 611. The number of nitrogens with one attached hydrogen (secondary N) is 1. The standard InChI is InChI=1S/C17H21NO2/c1-11(18-16-9-10-20-12(16)2)14-8-7-13-5-3-4-6-15(13)17(14)19/h3-8,11-12,16,18-19H,9-10H2,1-2H3. The highest BCUT2D eigenvalue weighted by molar-refractivity contribution is 5.89. The minimum absolute atomic E-state index is 0.105. The molecule has 0 aromatic heterocycles. The summed E-state index contributed by atoms with van der Waals surface area (Å²) in [5.74, 6) is 0.384. The summed E-state index contributed by atoms with van der Waals surface area (Å²) < 4.78 is 5.58. The summed E-state index contributed by atoms with van der Waals surface area (Å²) in [5.41, 5.74) is 0.947. The van der Waals surface area contributed by atoms with Crippen LogP contribution in [0.15, 0.2) is 36.4 Å². The predicted molar refractivity (Wildman–Crippen MR) is 81.0 cm³/mol. The van der Waals surface area contributed by atoms with E-state index in [1.54, 1.807) is 0 Å². The van der Waals surface area contributed by atoms with E-state index in [4.69, 9.17) is 4.74 Å². The van der Waals surface area contributed by atoms with Gasteiger partial charge >= 0.3 is 0 Å². The van der Waals surface area contributed by atoms with Gasteiger partial charge in [-0.15, -0.1) is 0 Å². The number of aromatic hydroxyl groups is 1. The molecule has 20 heavy (non-hydrogen) atoms. The Hall–Kier alpha value is -1.58. The monoisotopic (exact) mass is 271 g/mol. The van der Waals surface area contributed by atoms with Crippen molar-refractivity contribution in [2.45, 2.75) is 38.5 Å². The van der Waals surface area contributed by atoms with E-state index in [0.29, 0.717) is 11.8 Å². The Balaban J connectivity index is 1.87. The molecule has 0 aliphatic carbocycles. The van der Waals surface area contributed by atoms with Crippen LogP contribution in [-0.4, -0.2) is 23.9 Å². The van der Waals surface area contributed by atoms with Crippen molar-refractivity contribution in [2.75, 3.05) is 6.61 Å². The highest BCUT2D eigenvalue weighted by atomic mass is 16.5. The Morgan fingerprint density at radius 2 is 2.05 bits per heavy atom. The Morgan fingerprint density at radius 3 is 2.80 bits per heavy atom. The second kappa shape index (κ2) is 5.43. The first-order valence-corrected chi connectivity index (χ1v) is 7.25. The predicted octanol–water partition coefficient (Wildman–Crippen LogP) is 3.37. The van der Waals surface area contributed by atoms with Gasteiger partial charge in [0.25, 0.3) is 0 Å². The largest absolute Gasteiger partial charge is 0.507 e. The molecule has 1 aliphatic heterocycles. The molecule has 1 heterocycles. The van der Waals surface area contributed by atoms with Crippen LogP contribution < -0.4 is 5.32 Å². The lowest BCUT2D eigenvalue weighted by Gasteiger charge is -2.23. The topological polar surface area (TPSA) is 41.5 Å². The van der Waals surface area contributed by atoms with Crippen molar-refractivity contribution in [2.24, 2.45) is 0 Å². The number of phenolic OH excluding ortho intramolecular Hbond substituents is 1. The summed E-state index contributed by atoms with van der Waals surface area (Å²) in [7, 11) is 0. The molecule has 0 amide bonds. The molecule has 2 N–H and O–H groups in total. The normalized spacial score (nSPS) is 24.1. The van der Waals surface area contributed by atoms with Gasteiger partial charge in [0.05, 0.1) is 6.10 Å². The second-order valence-electron chi connectivity index (χ2n) is 5.58. The van der Waals surface area contributed by atoms with Crippen molar-refractivity contribution >= 4 is 10.8 Å². The third-order valence-corrected chi connectivity index (χ3v) is 4.24. The van der Waals surface area contributed by atoms with Gasteiger partial charge in [0.1, 0.15) is 5.75 Å². The van der Waals surface area contributed by atoms with Gasteiger partial charge in [0.15, 0.2) is 0 Å². The molecule has 0 spiro atoms. The number of phenols is 1. The molecule has 106 valence electrons. The van der Waals surface area contributed by atoms with E-state index in [-0.39, 0.29) is 12.1 Å². The van der Waals surface area contributed by atoms with Crippen molar-refractivity contribution in [1.29, 1.82) is 0 Å². The summed E-state index contributed by atoms with van der Waals surface area (Å²) in [5, 5.41) is 16.0. The van der Waals surface area contributed by atoms with E-state index in [0.717, 1.165) is 29.4 Å². The summed E-state index contributed by atoms with van der Waals surface area (Å²) in [4.78, 5) is 0. The fourth-order valence-corrected chi connectivity index (χ4v) is 2.98. The van der Waals surface area contributed by atoms with Gasteiger partial charge < -0.3 is 15.2 Å². The first kappa shape index (κ1) is 13.4. The van der Waals surface area contributed by atoms with Crippen LogP contribution in [-0.2, 0) is 4.74 Å². The van der Waals surface area contributed by atoms with Crippen LogP contribution in [0.5, 0.6) is 5.75 Å². The van der Waals surface area contributed by atoms with Crippen molar-refractivity contribution in [3.05, 3.63) is 42.0 Å².